The maximum Gasteiger partial charge on any atom is 0.0198 e. The molecule has 0 spiro atoms. The van der Waals surface area contributed by atoms with Gasteiger partial charge in [-0.15, -0.1) is 0 Å². The molecule has 0 bridgehead atoms. The first-order chi connectivity index (χ1) is 8.80. The van der Waals surface area contributed by atoms with Crippen molar-refractivity contribution in [2.45, 2.75) is 46.1 Å². The first kappa shape index (κ1) is 15.6. The van der Waals surface area contributed by atoms with Gasteiger partial charge < -0.3 is 5.32 Å². The summed E-state index contributed by atoms with van der Waals surface area (Å²) in [6, 6.07) is 9.70. The van der Waals surface area contributed by atoms with Gasteiger partial charge >= 0.3 is 0 Å². The zero-order chi connectivity index (χ0) is 13.2. The Morgan fingerprint density at radius 1 is 1.06 bits per heavy atom. The van der Waals surface area contributed by atoms with E-state index >= 15 is 0 Å². The van der Waals surface area contributed by atoms with Crippen molar-refractivity contribution >= 4 is 11.8 Å². The molecule has 0 aromatic heterocycles. The molecule has 1 N–H and O–H groups in total. The number of thioether (sulfide) groups is 1. The van der Waals surface area contributed by atoms with Crippen molar-refractivity contribution in [2.75, 3.05) is 18.1 Å². The number of benzene rings is 1. The molecule has 18 heavy (non-hydrogen) atoms. The topological polar surface area (TPSA) is 12.0 Å². The minimum Gasteiger partial charge on any atom is -0.313 e. The third kappa shape index (κ3) is 5.92. The van der Waals surface area contributed by atoms with Crippen LogP contribution in [-0.4, -0.2) is 24.1 Å². The van der Waals surface area contributed by atoms with Gasteiger partial charge in [0.2, 0.25) is 0 Å². The number of nitrogens with one attached hydrogen (secondary N) is 1. The molecule has 1 unspecified atom stereocenters. The lowest BCUT2D eigenvalue weighted by Gasteiger charge is -2.17. The Morgan fingerprint density at radius 2 is 1.72 bits per heavy atom. The largest absolute Gasteiger partial charge is 0.313 e. The summed E-state index contributed by atoms with van der Waals surface area (Å²) < 4.78 is 0. The molecule has 1 rings (SSSR count). The van der Waals surface area contributed by atoms with E-state index in [-0.39, 0.29) is 0 Å². The van der Waals surface area contributed by atoms with Crippen molar-refractivity contribution in [3.63, 3.8) is 0 Å². The molecule has 102 valence electrons. The average Bonchev–Trinajstić information content (AvgIpc) is 2.40. The highest BCUT2D eigenvalue weighted by molar-refractivity contribution is 7.99. The molecule has 0 heterocycles. The van der Waals surface area contributed by atoms with E-state index in [4.69, 9.17) is 0 Å². The second-order valence-corrected chi connectivity index (χ2v) is 5.85. The molecule has 0 aliphatic carbocycles. The summed E-state index contributed by atoms with van der Waals surface area (Å²) in [6.45, 7) is 7.71. The Morgan fingerprint density at radius 3 is 2.28 bits per heavy atom. The molecule has 0 aliphatic heterocycles. The van der Waals surface area contributed by atoms with Gasteiger partial charge in [0.1, 0.15) is 0 Å². The molecular formula is C16H27NS. The lowest BCUT2D eigenvalue weighted by atomic mass is 10.0. The van der Waals surface area contributed by atoms with Crippen molar-refractivity contribution < 1.29 is 0 Å². The molecule has 1 aromatic carbocycles. The fourth-order valence-corrected chi connectivity index (χ4v) is 3.02. The minimum atomic E-state index is 0.610. The third-order valence-electron chi connectivity index (χ3n) is 3.07. The van der Waals surface area contributed by atoms with Crippen LogP contribution < -0.4 is 5.32 Å². The normalized spacial score (nSPS) is 12.6. The Hall–Kier alpha value is -0.470. The summed E-state index contributed by atoms with van der Waals surface area (Å²) in [7, 11) is 0. The van der Waals surface area contributed by atoms with E-state index in [0.717, 1.165) is 19.4 Å². The van der Waals surface area contributed by atoms with Gasteiger partial charge in [0.15, 0.2) is 0 Å². The molecule has 0 saturated carbocycles. The zero-order valence-corrected chi connectivity index (χ0v) is 12.9. The van der Waals surface area contributed by atoms with E-state index in [0.29, 0.717) is 6.04 Å². The molecule has 0 radical (unpaired) electrons. The third-order valence-corrected chi connectivity index (χ3v) is 4.41. The summed E-state index contributed by atoms with van der Waals surface area (Å²) in [4.78, 5) is 0. The lowest BCUT2D eigenvalue weighted by molar-refractivity contribution is 0.572. The molecule has 1 atom stereocenters. The van der Waals surface area contributed by atoms with Crippen LogP contribution in [0.3, 0.4) is 0 Å². The summed E-state index contributed by atoms with van der Waals surface area (Å²) in [6.07, 6.45) is 3.55. The maximum atomic E-state index is 3.60. The highest BCUT2D eigenvalue weighted by Gasteiger charge is 2.08. The number of likely N-dealkylation sites (N-methyl/N-ethyl adjacent to an activating group) is 1. The molecule has 1 aromatic rings. The Bertz CT molecular complexity index is 307. The highest BCUT2D eigenvalue weighted by atomic mass is 32.2. The number of hydrogen-bond donors (Lipinski definition) is 1. The zero-order valence-electron chi connectivity index (χ0n) is 12.0. The SMILES string of the molecule is CCCSCC(Cc1ccc(CC)cc1)NCC. The van der Waals surface area contributed by atoms with Gasteiger partial charge in [-0.3, -0.25) is 0 Å². The second-order valence-electron chi connectivity index (χ2n) is 4.70. The molecular weight excluding hydrogens is 238 g/mol. The number of aryl methyl sites for hydroxylation is 1. The van der Waals surface area contributed by atoms with E-state index in [9.17, 15) is 0 Å². The monoisotopic (exact) mass is 265 g/mol. The summed E-state index contributed by atoms with van der Waals surface area (Å²) in [5.41, 5.74) is 2.88. The Balaban J connectivity index is 2.47. The summed E-state index contributed by atoms with van der Waals surface area (Å²) in [5.74, 6) is 2.49. The molecule has 1 nitrogen and oxygen atoms in total. The fourth-order valence-electron chi connectivity index (χ4n) is 2.04. The van der Waals surface area contributed by atoms with Crippen LogP contribution in [0.4, 0.5) is 0 Å². The van der Waals surface area contributed by atoms with Gasteiger partial charge in [-0.05, 0) is 42.7 Å². The molecule has 0 amide bonds. The number of hydrogen-bond acceptors (Lipinski definition) is 2. The van der Waals surface area contributed by atoms with Crippen LogP contribution in [0.5, 0.6) is 0 Å². The fraction of sp³-hybridized carbons (Fsp3) is 0.625. The van der Waals surface area contributed by atoms with Gasteiger partial charge in [-0.25, -0.2) is 0 Å². The molecule has 0 saturated heterocycles. The van der Waals surface area contributed by atoms with Crippen LogP contribution in [0.1, 0.15) is 38.3 Å². The van der Waals surface area contributed by atoms with Gasteiger partial charge in [0, 0.05) is 11.8 Å². The van der Waals surface area contributed by atoms with Crippen molar-refractivity contribution in [1.82, 2.24) is 5.32 Å². The van der Waals surface area contributed by atoms with Crippen LogP contribution >= 0.6 is 11.8 Å². The smallest absolute Gasteiger partial charge is 0.0198 e. The van der Waals surface area contributed by atoms with Gasteiger partial charge in [-0.1, -0.05) is 45.0 Å². The summed E-state index contributed by atoms with van der Waals surface area (Å²) in [5, 5.41) is 3.60. The van der Waals surface area contributed by atoms with Crippen molar-refractivity contribution in [2.24, 2.45) is 0 Å². The molecule has 2 heteroatoms. The van der Waals surface area contributed by atoms with Crippen molar-refractivity contribution in [3.05, 3.63) is 35.4 Å². The van der Waals surface area contributed by atoms with E-state index < -0.39 is 0 Å². The van der Waals surface area contributed by atoms with E-state index in [1.807, 2.05) is 0 Å². The van der Waals surface area contributed by atoms with Gasteiger partial charge in [0.25, 0.3) is 0 Å². The quantitative estimate of drug-likeness (QED) is 0.679. The van der Waals surface area contributed by atoms with Crippen LogP contribution in [-0.2, 0) is 12.8 Å². The van der Waals surface area contributed by atoms with Crippen LogP contribution in [0.2, 0.25) is 0 Å². The molecule has 0 aliphatic rings. The van der Waals surface area contributed by atoms with Crippen LogP contribution in [0, 0.1) is 0 Å². The first-order valence-electron chi connectivity index (χ1n) is 7.19. The second kappa shape index (κ2) is 9.46. The van der Waals surface area contributed by atoms with Gasteiger partial charge in [0.05, 0.1) is 0 Å². The van der Waals surface area contributed by atoms with Crippen LogP contribution in [0.15, 0.2) is 24.3 Å². The van der Waals surface area contributed by atoms with E-state index in [1.54, 1.807) is 0 Å². The first-order valence-corrected chi connectivity index (χ1v) is 8.34. The van der Waals surface area contributed by atoms with E-state index in [1.165, 1.54) is 29.1 Å². The lowest BCUT2D eigenvalue weighted by Crippen LogP contribution is -2.33. The predicted molar refractivity (Wildman–Crippen MR) is 84.6 cm³/mol. The Kier molecular flexibility index (Phi) is 8.19. The van der Waals surface area contributed by atoms with Crippen molar-refractivity contribution in [1.29, 1.82) is 0 Å². The average molecular weight is 265 g/mol. The Labute approximate surface area is 117 Å². The van der Waals surface area contributed by atoms with E-state index in [2.05, 4.69) is 62.1 Å². The highest BCUT2D eigenvalue weighted by Crippen LogP contribution is 2.11. The standard InChI is InChI=1S/C16H27NS/c1-4-11-18-13-16(17-6-3)12-15-9-7-14(5-2)8-10-15/h7-10,16-17H,4-6,11-13H2,1-3H3. The maximum absolute atomic E-state index is 3.60. The minimum absolute atomic E-state index is 0.610. The van der Waals surface area contributed by atoms with Crippen LogP contribution in [0.25, 0.3) is 0 Å². The predicted octanol–water partition coefficient (Wildman–Crippen LogP) is 3.91. The molecule has 0 fully saturated rings. The number of rotatable bonds is 9. The van der Waals surface area contributed by atoms with Gasteiger partial charge in [-0.2, -0.15) is 11.8 Å². The van der Waals surface area contributed by atoms with Crippen molar-refractivity contribution in [3.8, 4) is 0 Å². The summed E-state index contributed by atoms with van der Waals surface area (Å²) >= 11 is 2.07.